The van der Waals surface area contributed by atoms with Gasteiger partial charge in [-0.05, 0) is 26.9 Å². The van der Waals surface area contributed by atoms with Crippen LogP contribution in [0.5, 0.6) is 11.9 Å². The van der Waals surface area contributed by atoms with Crippen molar-refractivity contribution in [2.45, 2.75) is 19.0 Å². The average Bonchev–Trinajstić information content (AvgIpc) is 3.33. The molecule has 0 N–H and O–H groups in total. The minimum Gasteiger partial charge on any atom is -0.467 e. The number of fused-ring (bicyclic) bond motifs is 1. The van der Waals surface area contributed by atoms with E-state index in [1.54, 1.807) is 0 Å². The van der Waals surface area contributed by atoms with Gasteiger partial charge in [-0.2, -0.15) is 23.1 Å². The van der Waals surface area contributed by atoms with Gasteiger partial charge in [0, 0.05) is 18.2 Å². The van der Waals surface area contributed by atoms with E-state index in [1.165, 1.54) is 0 Å². The second-order valence-corrected chi connectivity index (χ2v) is 7.22. The Kier molecular flexibility index (Phi) is 5.31. The second-order valence-electron chi connectivity index (χ2n) is 6.87. The van der Waals surface area contributed by atoms with Gasteiger partial charge >= 0.3 is 12.2 Å². The fourth-order valence-electron chi connectivity index (χ4n) is 2.73. The first-order chi connectivity index (χ1) is 12.6. The molecule has 2 heterocycles. The van der Waals surface area contributed by atoms with E-state index >= 15 is 0 Å². The molecule has 0 saturated heterocycles. The minimum atomic E-state index is -4.58. The maximum atomic E-state index is 14.3. The van der Waals surface area contributed by atoms with Gasteiger partial charge in [0.25, 0.3) is 0 Å². The normalized spacial score (nSPS) is 16.0. The zero-order valence-corrected chi connectivity index (χ0v) is 15.4. The van der Waals surface area contributed by atoms with Gasteiger partial charge in [0.1, 0.15) is 5.52 Å². The molecule has 0 aliphatic heterocycles. The summed E-state index contributed by atoms with van der Waals surface area (Å²) in [7, 11) is 3.86. The Morgan fingerprint density at radius 2 is 1.93 bits per heavy atom. The highest BCUT2D eigenvalue weighted by atomic mass is 35.5. The van der Waals surface area contributed by atoms with Crippen molar-refractivity contribution in [3.63, 3.8) is 0 Å². The van der Waals surface area contributed by atoms with Crippen LogP contribution in [0, 0.1) is 11.2 Å². The Hall–Kier alpha value is -1.94. The SMILES string of the molecule is CN(C)CC1(COc2nc(OCC(F)(F)F)c3cnc(Cl)c(F)c3n2)CC1. The molecule has 6 nitrogen and oxygen atoms in total. The van der Waals surface area contributed by atoms with Gasteiger partial charge in [-0.1, -0.05) is 11.6 Å². The third-order valence-corrected chi connectivity index (χ3v) is 4.34. The molecule has 0 unspecified atom stereocenters. The highest BCUT2D eigenvalue weighted by Gasteiger charge is 2.44. The number of aromatic nitrogens is 3. The molecule has 2 aromatic heterocycles. The molecule has 148 valence electrons. The summed E-state index contributed by atoms with van der Waals surface area (Å²) >= 11 is 5.65. The first-order valence-corrected chi connectivity index (χ1v) is 8.45. The van der Waals surface area contributed by atoms with Gasteiger partial charge < -0.3 is 14.4 Å². The van der Waals surface area contributed by atoms with Gasteiger partial charge in [-0.3, -0.25) is 0 Å². The maximum absolute atomic E-state index is 14.3. The standard InChI is InChI=1S/C16H17ClF4N4O2/c1-25(2)6-15(3-4-15)7-27-14-23-11-9(5-22-12(17)10(11)18)13(24-14)26-8-16(19,20)21/h5H,3-4,6-8H2,1-2H3. The van der Waals surface area contributed by atoms with Crippen LogP contribution in [0.2, 0.25) is 5.15 Å². The lowest BCUT2D eigenvalue weighted by atomic mass is 10.1. The van der Waals surface area contributed by atoms with Crippen LogP contribution in [0.25, 0.3) is 10.9 Å². The number of rotatable bonds is 7. The van der Waals surface area contributed by atoms with Crippen molar-refractivity contribution in [1.29, 1.82) is 0 Å². The zero-order valence-electron chi connectivity index (χ0n) is 14.6. The van der Waals surface area contributed by atoms with Crippen LogP contribution in [-0.4, -0.2) is 59.9 Å². The molecule has 11 heteroatoms. The quantitative estimate of drug-likeness (QED) is 0.516. The summed E-state index contributed by atoms with van der Waals surface area (Å²) in [5.74, 6) is -1.44. The lowest BCUT2D eigenvalue weighted by molar-refractivity contribution is -0.153. The molecular formula is C16H17ClF4N4O2. The van der Waals surface area contributed by atoms with Crippen LogP contribution in [-0.2, 0) is 0 Å². The Balaban J connectivity index is 1.89. The van der Waals surface area contributed by atoms with Crippen molar-refractivity contribution >= 4 is 22.5 Å². The lowest BCUT2D eigenvalue weighted by Gasteiger charge is -2.20. The van der Waals surface area contributed by atoms with Crippen molar-refractivity contribution in [3.05, 3.63) is 17.2 Å². The Morgan fingerprint density at radius 3 is 2.52 bits per heavy atom. The molecule has 0 spiro atoms. The first-order valence-electron chi connectivity index (χ1n) is 8.07. The summed E-state index contributed by atoms with van der Waals surface area (Å²) in [6.45, 7) is -0.550. The molecule has 3 rings (SSSR count). The van der Waals surface area contributed by atoms with E-state index < -0.39 is 29.6 Å². The average molecular weight is 409 g/mol. The molecule has 1 aliphatic carbocycles. The molecule has 1 saturated carbocycles. The fraction of sp³-hybridized carbons (Fsp3) is 0.562. The van der Waals surface area contributed by atoms with Crippen molar-refractivity contribution < 1.29 is 27.0 Å². The summed E-state index contributed by atoms with van der Waals surface area (Å²) in [6, 6.07) is -0.272. The van der Waals surface area contributed by atoms with E-state index in [1.807, 2.05) is 19.0 Å². The van der Waals surface area contributed by atoms with Gasteiger partial charge in [-0.15, -0.1) is 0 Å². The van der Waals surface area contributed by atoms with Gasteiger partial charge in [0.15, 0.2) is 17.6 Å². The highest BCUT2D eigenvalue weighted by molar-refractivity contribution is 6.30. The van der Waals surface area contributed by atoms with Crippen molar-refractivity contribution in [2.24, 2.45) is 5.41 Å². The van der Waals surface area contributed by atoms with Crippen molar-refractivity contribution in [2.75, 3.05) is 33.9 Å². The molecular weight excluding hydrogens is 392 g/mol. The number of hydrogen-bond acceptors (Lipinski definition) is 6. The second kappa shape index (κ2) is 7.23. The number of alkyl halides is 3. The molecule has 0 atom stereocenters. The summed E-state index contributed by atoms with van der Waals surface area (Å²) in [4.78, 5) is 13.4. The predicted octanol–water partition coefficient (Wildman–Crippen LogP) is 3.48. The Morgan fingerprint density at radius 1 is 1.22 bits per heavy atom. The van der Waals surface area contributed by atoms with Crippen LogP contribution < -0.4 is 9.47 Å². The monoisotopic (exact) mass is 408 g/mol. The third-order valence-electron chi connectivity index (χ3n) is 4.07. The lowest BCUT2D eigenvalue weighted by Crippen LogP contribution is -2.28. The largest absolute Gasteiger partial charge is 0.467 e. The molecule has 0 bridgehead atoms. The smallest absolute Gasteiger partial charge is 0.422 e. The van der Waals surface area contributed by atoms with E-state index in [2.05, 4.69) is 15.0 Å². The van der Waals surface area contributed by atoms with Gasteiger partial charge in [-0.25, -0.2) is 9.37 Å². The minimum absolute atomic E-state index is 0.0662. The van der Waals surface area contributed by atoms with E-state index in [4.69, 9.17) is 21.1 Å². The van der Waals surface area contributed by atoms with Crippen molar-refractivity contribution in [1.82, 2.24) is 19.9 Å². The van der Waals surface area contributed by atoms with Gasteiger partial charge in [0.2, 0.25) is 5.88 Å². The Labute approximate surface area is 157 Å². The topological polar surface area (TPSA) is 60.4 Å². The summed E-state index contributed by atoms with van der Waals surface area (Å²) in [5.41, 5.74) is -0.377. The summed E-state index contributed by atoms with van der Waals surface area (Å²) < 4.78 is 62.1. The van der Waals surface area contributed by atoms with Crippen LogP contribution in [0.1, 0.15) is 12.8 Å². The summed E-state index contributed by atoms with van der Waals surface area (Å²) in [5, 5.41) is -0.580. The molecule has 27 heavy (non-hydrogen) atoms. The van der Waals surface area contributed by atoms with Crippen LogP contribution >= 0.6 is 11.6 Å². The molecule has 1 fully saturated rings. The molecule has 0 amide bonds. The van der Waals surface area contributed by atoms with E-state index in [0.717, 1.165) is 25.6 Å². The van der Waals surface area contributed by atoms with Crippen LogP contribution in [0.3, 0.4) is 0 Å². The van der Waals surface area contributed by atoms with Gasteiger partial charge in [0.05, 0.1) is 12.0 Å². The van der Waals surface area contributed by atoms with E-state index in [0.29, 0.717) is 0 Å². The van der Waals surface area contributed by atoms with Crippen LogP contribution in [0.15, 0.2) is 6.20 Å². The zero-order chi connectivity index (χ0) is 19.8. The number of ether oxygens (including phenoxy) is 2. The number of pyridine rings is 1. The molecule has 0 aromatic carbocycles. The maximum Gasteiger partial charge on any atom is 0.422 e. The highest BCUT2D eigenvalue weighted by Crippen LogP contribution is 2.46. The first kappa shape index (κ1) is 19.8. The summed E-state index contributed by atoms with van der Waals surface area (Å²) in [6.07, 6.45) is -1.63. The number of nitrogens with zero attached hydrogens (tertiary/aromatic N) is 4. The van der Waals surface area contributed by atoms with Crippen molar-refractivity contribution in [3.8, 4) is 11.9 Å². The number of halogens is 5. The Bertz CT molecular complexity index is 843. The molecule has 0 radical (unpaired) electrons. The predicted molar refractivity (Wildman–Crippen MR) is 89.6 cm³/mol. The molecule has 1 aliphatic rings. The van der Waals surface area contributed by atoms with Crippen LogP contribution in [0.4, 0.5) is 17.6 Å². The van der Waals surface area contributed by atoms with E-state index in [9.17, 15) is 17.6 Å². The van der Waals surface area contributed by atoms with E-state index in [-0.39, 0.29) is 28.9 Å². The number of hydrogen-bond donors (Lipinski definition) is 0. The third kappa shape index (κ3) is 4.86. The molecule has 2 aromatic rings. The fourth-order valence-corrected chi connectivity index (χ4v) is 2.86.